The first kappa shape index (κ1) is 18.4. The summed E-state index contributed by atoms with van der Waals surface area (Å²) in [6.45, 7) is 18.0. The highest BCUT2D eigenvalue weighted by molar-refractivity contribution is 5.73. The molecule has 2 atom stereocenters. The second-order valence-corrected chi connectivity index (χ2v) is 8.59. The van der Waals surface area contributed by atoms with E-state index in [2.05, 4.69) is 61.5 Å². The molecule has 0 rings (SSSR count). The Labute approximate surface area is 120 Å². The van der Waals surface area contributed by atoms with Crippen molar-refractivity contribution in [2.45, 2.75) is 74.7 Å². The largest absolute Gasteiger partial charge is 0.298 e. The average molecular weight is 266 g/mol. The van der Waals surface area contributed by atoms with Gasteiger partial charge in [-0.2, -0.15) is 0 Å². The number of rotatable bonds is 6. The maximum Gasteiger partial charge on any atom is 0.145 e. The molecule has 0 aromatic heterocycles. The third-order valence-corrected chi connectivity index (χ3v) is 3.34. The number of carbonyl (C=O) groups is 1. The molecule has 19 heavy (non-hydrogen) atoms. The van der Waals surface area contributed by atoms with Crippen molar-refractivity contribution in [3.8, 4) is 0 Å². The molecule has 0 amide bonds. The summed E-state index contributed by atoms with van der Waals surface area (Å²) in [6.07, 6.45) is 6.49. The summed E-state index contributed by atoms with van der Waals surface area (Å²) in [6, 6.07) is 0. The van der Waals surface area contributed by atoms with Crippen molar-refractivity contribution < 1.29 is 4.79 Å². The zero-order chi connectivity index (χ0) is 15.3. The highest BCUT2D eigenvalue weighted by atomic mass is 16.1. The number of hydrogen-bond acceptors (Lipinski definition) is 1. The van der Waals surface area contributed by atoms with Crippen molar-refractivity contribution >= 4 is 6.29 Å². The average Bonchev–Trinajstić information content (AvgIpc) is 2.12. The van der Waals surface area contributed by atoms with Crippen LogP contribution in [0.25, 0.3) is 0 Å². The van der Waals surface area contributed by atoms with Crippen LogP contribution in [0.1, 0.15) is 74.7 Å². The molecular formula is C18H34O. The van der Waals surface area contributed by atoms with Crippen LogP contribution < -0.4 is 0 Å². The van der Waals surface area contributed by atoms with Crippen LogP contribution in [0.2, 0.25) is 0 Å². The van der Waals surface area contributed by atoms with Crippen LogP contribution in [0.5, 0.6) is 0 Å². The molecule has 0 N–H and O–H groups in total. The fraction of sp³-hybridized carbons (Fsp3) is 0.833. The van der Waals surface area contributed by atoms with Gasteiger partial charge in [0, 0.05) is 0 Å². The molecule has 1 nitrogen and oxygen atoms in total. The van der Waals surface area contributed by atoms with Crippen LogP contribution in [0.15, 0.2) is 11.6 Å². The minimum Gasteiger partial charge on any atom is -0.298 e. The van der Waals surface area contributed by atoms with Crippen molar-refractivity contribution in [1.29, 1.82) is 0 Å². The Balaban J connectivity index is 4.52. The molecule has 0 heterocycles. The van der Waals surface area contributed by atoms with Crippen LogP contribution in [0, 0.1) is 22.7 Å². The summed E-state index contributed by atoms with van der Waals surface area (Å²) in [5, 5.41) is 0. The van der Waals surface area contributed by atoms with Crippen LogP contribution in [-0.4, -0.2) is 6.29 Å². The molecule has 0 aliphatic carbocycles. The van der Waals surface area contributed by atoms with Crippen LogP contribution in [-0.2, 0) is 4.79 Å². The third-order valence-electron chi connectivity index (χ3n) is 3.34. The SMILES string of the molecule is CC(C/C=C(\C=O)C(C)CC(C)(C)C)CC(C)(C)C. The summed E-state index contributed by atoms with van der Waals surface area (Å²) >= 11 is 0. The van der Waals surface area contributed by atoms with E-state index in [4.69, 9.17) is 0 Å². The maximum absolute atomic E-state index is 11.3. The van der Waals surface area contributed by atoms with Crippen molar-refractivity contribution in [2.24, 2.45) is 22.7 Å². The topological polar surface area (TPSA) is 17.1 Å². The van der Waals surface area contributed by atoms with E-state index >= 15 is 0 Å². The normalized spacial score (nSPS) is 17.2. The molecule has 2 unspecified atom stereocenters. The summed E-state index contributed by atoms with van der Waals surface area (Å²) in [5.74, 6) is 0.996. The highest BCUT2D eigenvalue weighted by Gasteiger charge is 2.19. The second kappa shape index (κ2) is 7.26. The Bertz CT molecular complexity index is 299. The third kappa shape index (κ3) is 9.92. The van der Waals surface area contributed by atoms with Crippen LogP contribution in [0.3, 0.4) is 0 Å². The quantitative estimate of drug-likeness (QED) is 0.448. The summed E-state index contributed by atoms with van der Waals surface area (Å²) in [7, 11) is 0. The Morgan fingerprint density at radius 2 is 1.42 bits per heavy atom. The van der Waals surface area contributed by atoms with Crippen molar-refractivity contribution in [1.82, 2.24) is 0 Å². The molecule has 0 bridgehead atoms. The van der Waals surface area contributed by atoms with Gasteiger partial charge in [-0.3, -0.25) is 4.79 Å². The van der Waals surface area contributed by atoms with E-state index in [1.807, 2.05) is 0 Å². The van der Waals surface area contributed by atoms with E-state index in [1.54, 1.807) is 0 Å². The van der Waals surface area contributed by atoms with Gasteiger partial charge >= 0.3 is 0 Å². The van der Waals surface area contributed by atoms with Gasteiger partial charge in [-0.15, -0.1) is 0 Å². The van der Waals surface area contributed by atoms with E-state index < -0.39 is 0 Å². The van der Waals surface area contributed by atoms with E-state index in [0.29, 0.717) is 17.3 Å². The van der Waals surface area contributed by atoms with Crippen molar-refractivity contribution in [3.05, 3.63) is 11.6 Å². The van der Waals surface area contributed by atoms with E-state index in [1.165, 1.54) is 6.42 Å². The molecule has 0 aromatic rings. The van der Waals surface area contributed by atoms with E-state index in [-0.39, 0.29) is 5.41 Å². The summed E-state index contributed by atoms with van der Waals surface area (Å²) < 4.78 is 0. The monoisotopic (exact) mass is 266 g/mol. The van der Waals surface area contributed by atoms with Crippen molar-refractivity contribution in [2.75, 3.05) is 0 Å². The molecule has 0 fully saturated rings. The molecule has 0 aromatic carbocycles. The molecule has 0 radical (unpaired) electrons. The number of hydrogen-bond donors (Lipinski definition) is 0. The molecule has 0 aliphatic heterocycles. The second-order valence-electron chi connectivity index (χ2n) is 8.59. The molecule has 1 heteroatoms. The molecule has 0 aliphatic rings. The Morgan fingerprint density at radius 3 is 1.79 bits per heavy atom. The lowest BCUT2D eigenvalue weighted by molar-refractivity contribution is -0.105. The van der Waals surface area contributed by atoms with Gasteiger partial charge in [0.05, 0.1) is 0 Å². The number of carbonyl (C=O) groups excluding carboxylic acids is 1. The first-order valence-corrected chi connectivity index (χ1v) is 7.60. The standard InChI is InChI=1S/C18H34O/c1-14(11-17(3,4)5)9-10-16(13-19)15(2)12-18(6,7)8/h10,13-15H,9,11-12H2,1-8H3/b16-10+. The van der Waals surface area contributed by atoms with Crippen molar-refractivity contribution in [3.63, 3.8) is 0 Å². The van der Waals surface area contributed by atoms with Gasteiger partial charge in [0.1, 0.15) is 6.29 Å². The molecule has 0 saturated carbocycles. The lowest BCUT2D eigenvalue weighted by Crippen LogP contribution is -2.14. The minimum absolute atomic E-state index is 0.276. The van der Waals surface area contributed by atoms with Gasteiger partial charge in [0.15, 0.2) is 0 Å². The lowest BCUT2D eigenvalue weighted by atomic mass is 9.81. The van der Waals surface area contributed by atoms with Gasteiger partial charge in [-0.25, -0.2) is 0 Å². The molecule has 112 valence electrons. The fourth-order valence-electron chi connectivity index (χ4n) is 2.87. The summed E-state index contributed by atoms with van der Waals surface area (Å²) in [5.41, 5.74) is 1.63. The van der Waals surface area contributed by atoms with Gasteiger partial charge in [-0.1, -0.05) is 61.5 Å². The van der Waals surface area contributed by atoms with E-state index in [9.17, 15) is 4.79 Å². The van der Waals surface area contributed by atoms with Gasteiger partial charge < -0.3 is 0 Å². The zero-order valence-electron chi connectivity index (χ0n) is 14.3. The zero-order valence-corrected chi connectivity index (χ0v) is 14.3. The Morgan fingerprint density at radius 1 is 0.947 bits per heavy atom. The van der Waals surface area contributed by atoms with Crippen LogP contribution in [0.4, 0.5) is 0 Å². The minimum atomic E-state index is 0.276. The lowest BCUT2D eigenvalue weighted by Gasteiger charge is -2.24. The molecule has 0 saturated heterocycles. The first-order chi connectivity index (χ1) is 8.44. The number of aldehydes is 1. The highest BCUT2D eigenvalue weighted by Crippen LogP contribution is 2.30. The fourth-order valence-corrected chi connectivity index (χ4v) is 2.87. The molecular weight excluding hydrogens is 232 g/mol. The predicted molar refractivity (Wildman–Crippen MR) is 85.2 cm³/mol. The smallest absolute Gasteiger partial charge is 0.145 e. The number of allylic oxidation sites excluding steroid dienone is 2. The Hall–Kier alpha value is -0.590. The Kier molecular flexibility index (Phi) is 7.04. The molecule has 0 spiro atoms. The van der Waals surface area contributed by atoms with E-state index in [0.717, 1.165) is 24.7 Å². The maximum atomic E-state index is 11.3. The van der Waals surface area contributed by atoms with Gasteiger partial charge in [-0.05, 0) is 47.5 Å². The summed E-state index contributed by atoms with van der Waals surface area (Å²) in [4.78, 5) is 11.3. The first-order valence-electron chi connectivity index (χ1n) is 7.60. The van der Waals surface area contributed by atoms with Gasteiger partial charge in [0.25, 0.3) is 0 Å². The van der Waals surface area contributed by atoms with Gasteiger partial charge in [0.2, 0.25) is 0 Å². The van der Waals surface area contributed by atoms with Crippen LogP contribution >= 0.6 is 0 Å². The predicted octanol–water partition coefficient (Wildman–Crippen LogP) is 5.65.